The van der Waals surface area contributed by atoms with Crippen molar-refractivity contribution in [2.75, 3.05) is 6.61 Å². The van der Waals surface area contributed by atoms with Gasteiger partial charge in [0.15, 0.2) is 5.69 Å². The molecule has 1 aromatic carbocycles. The van der Waals surface area contributed by atoms with Crippen molar-refractivity contribution in [3.8, 4) is 0 Å². The van der Waals surface area contributed by atoms with Gasteiger partial charge in [-0.05, 0) is 44.0 Å². The molecule has 0 spiro atoms. The minimum absolute atomic E-state index is 0.318. The minimum Gasteiger partial charge on any atom is -0.461 e. The number of aromatic nitrogens is 2. The third-order valence-electron chi connectivity index (χ3n) is 3.86. The molecule has 1 atom stereocenters. The summed E-state index contributed by atoms with van der Waals surface area (Å²) in [6.07, 6.45) is 1.11. The molecule has 114 valence electrons. The normalized spacial score (nSPS) is 12.7. The first-order valence-electron chi connectivity index (χ1n) is 7.29. The van der Waals surface area contributed by atoms with Crippen LogP contribution in [-0.4, -0.2) is 27.7 Å². The van der Waals surface area contributed by atoms with E-state index in [2.05, 4.69) is 9.97 Å². The van der Waals surface area contributed by atoms with Crippen molar-refractivity contribution in [2.24, 2.45) is 0 Å². The Kier molecular flexibility index (Phi) is 3.58. The number of benzene rings is 1. The van der Waals surface area contributed by atoms with Gasteiger partial charge in [-0.3, -0.25) is 0 Å². The van der Waals surface area contributed by atoms with Crippen LogP contribution in [0.1, 0.15) is 41.6 Å². The number of aliphatic hydroxyl groups is 1. The van der Waals surface area contributed by atoms with Gasteiger partial charge in [-0.15, -0.1) is 0 Å². The molecule has 2 heterocycles. The predicted molar refractivity (Wildman–Crippen MR) is 84.9 cm³/mol. The smallest absolute Gasteiger partial charge is 0.357 e. The lowest BCUT2D eigenvalue weighted by atomic mass is 10.0. The first-order valence-corrected chi connectivity index (χ1v) is 7.29. The number of ether oxygens (including phenoxy) is 1. The molecule has 5 heteroatoms. The number of fused-ring (bicyclic) bond motifs is 3. The molecule has 0 aliphatic heterocycles. The number of pyridine rings is 1. The van der Waals surface area contributed by atoms with Gasteiger partial charge >= 0.3 is 5.97 Å². The highest BCUT2D eigenvalue weighted by atomic mass is 16.5. The summed E-state index contributed by atoms with van der Waals surface area (Å²) in [6, 6.07) is 5.76. The zero-order valence-corrected chi connectivity index (χ0v) is 12.8. The number of hydrogen-bond acceptors (Lipinski definition) is 4. The monoisotopic (exact) mass is 298 g/mol. The predicted octanol–water partition coefficient (Wildman–Crippen LogP) is 3.25. The number of aryl methyl sites for hydroxylation is 1. The second kappa shape index (κ2) is 5.42. The summed E-state index contributed by atoms with van der Waals surface area (Å²) < 4.78 is 5.06. The molecule has 0 fully saturated rings. The lowest BCUT2D eigenvalue weighted by Crippen LogP contribution is -2.09. The Bertz CT molecular complexity index is 865. The summed E-state index contributed by atoms with van der Waals surface area (Å²) in [5.74, 6) is -0.414. The molecule has 3 aromatic rings. The van der Waals surface area contributed by atoms with E-state index in [1.54, 1.807) is 20.0 Å². The number of nitrogens with zero attached hydrogens (tertiary/aromatic N) is 1. The number of nitrogens with one attached hydrogen (secondary N) is 1. The summed E-state index contributed by atoms with van der Waals surface area (Å²) in [6.45, 7) is 5.68. The van der Waals surface area contributed by atoms with Gasteiger partial charge in [0.2, 0.25) is 0 Å². The molecule has 2 aromatic heterocycles. The largest absolute Gasteiger partial charge is 0.461 e. The maximum absolute atomic E-state index is 12.0. The maximum atomic E-state index is 12.0. The van der Waals surface area contributed by atoms with Crippen LogP contribution in [0.4, 0.5) is 0 Å². The van der Waals surface area contributed by atoms with Gasteiger partial charge in [0, 0.05) is 16.3 Å². The van der Waals surface area contributed by atoms with E-state index in [0.717, 1.165) is 32.9 Å². The van der Waals surface area contributed by atoms with Crippen molar-refractivity contribution in [3.05, 3.63) is 41.2 Å². The van der Waals surface area contributed by atoms with Gasteiger partial charge in [0.05, 0.1) is 24.4 Å². The average molecular weight is 298 g/mol. The average Bonchev–Trinajstić information content (AvgIpc) is 2.85. The van der Waals surface area contributed by atoms with Gasteiger partial charge in [0.1, 0.15) is 0 Å². The SMILES string of the molecule is CCOC(=O)c1ncc2[nH]c3ccc(C(C)O)cc3c2c1C. The van der Waals surface area contributed by atoms with Gasteiger partial charge in [-0.25, -0.2) is 9.78 Å². The van der Waals surface area contributed by atoms with Crippen molar-refractivity contribution in [1.82, 2.24) is 9.97 Å². The molecule has 0 aliphatic rings. The summed E-state index contributed by atoms with van der Waals surface area (Å²) in [4.78, 5) is 19.5. The molecule has 22 heavy (non-hydrogen) atoms. The Labute approximate surface area is 127 Å². The number of hydrogen-bond donors (Lipinski definition) is 2. The third kappa shape index (κ3) is 2.23. The molecule has 0 aliphatic carbocycles. The van der Waals surface area contributed by atoms with Crippen molar-refractivity contribution in [2.45, 2.75) is 26.9 Å². The number of esters is 1. The van der Waals surface area contributed by atoms with Crippen LogP contribution >= 0.6 is 0 Å². The number of rotatable bonds is 3. The zero-order chi connectivity index (χ0) is 15.9. The van der Waals surface area contributed by atoms with Crippen LogP contribution in [0.2, 0.25) is 0 Å². The topological polar surface area (TPSA) is 75.2 Å². The summed E-state index contributed by atoms with van der Waals surface area (Å²) in [7, 11) is 0. The van der Waals surface area contributed by atoms with E-state index in [1.165, 1.54) is 0 Å². The van der Waals surface area contributed by atoms with Crippen LogP contribution < -0.4 is 0 Å². The fraction of sp³-hybridized carbons (Fsp3) is 0.294. The van der Waals surface area contributed by atoms with Crippen LogP contribution in [0, 0.1) is 6.92 Å². The standard InChI is InChI=1S/C17H18N2O3/c1-4-22-17(21)16-9(2)15-12-7-11(10(3)20)5-6-13(12)19-14(15)8-18-16/h5-8,10,19-20H,4H2,1-3H3. The van der Waals surface area contributed by atoms with Crippen LogP contribution in [0.15, 0.2) is 24.4 Å². The van der Waals surface area contributed by atoms with Crippen LogP contribution in [0.3, 0.4) is 0 Å². The molecule has 2 N–H and O–H groups in total. The Balaban J connectivity index is 2.29. The summed E-state index contributed by atoms with van der Waals surface area (Å²) in [5, 5.41) is 11.7. The Morgan fingerprint density at radius 1 is 1.41 bits per heavy atom. The van der Waals surface area contributed by atoms with E-state index in [9.17, 15) is 9.90 Å². The second-order valence-corrected chi connectivity index (χ2v) is 5.35. The molecule has 0 radical (unpaired) electrons. The second-order valence-electron chi connectivity index (χ2n) is 5.35. The number of H-pyrrole nitrogens is 1. The van der Waals surface area contributed by atoms with Gasteiger partial charge < -0.3 is 14.8 Å². The molecule has 0 saturated heterocycles. The highest BCUT2D eigenvalue weighted by molar-refractivity contribution is 6.11. The fourth-order valence-electron chi connectivity index (χ4n) is 2.74. The van der Waals surface area contributed by atoms with E-state index in [0.29, 0.717) is 12.3 Å². The van der Waals surface area contributed by atoms with Gasteiger partial charge in [-0.2, -0.15) is 0 Å². The molecular weight excluding hydrogens is 280 g/mol. The van der Waals surface area contributed by atoms with E-state index in [4.69, 9.17) is 4.74 Å². The highest BCUT2D eigenvalue weighted by Crippen LogP contribution is 2.31. The number of aliphatic hydroxyl groups excluding tert-OH is 1. The summed E-state index contributed by atoms with van der Waals surface area (Å²) >= 11 is 0. The van der Waals surface area contributed by atoms with Crippen LogP contribution in [-0.2, 0) is 4.74 Å². The minimum atomic E-state index is -0.541. The molecule has 0 bridgehead atoms. The quantitative estimate of drug-likeness (QED) is 0.728. The van der Waals surface area contributed by atoms with E-state index < -0.39 is 12.1 Å². The Hall–Kier alpha value is -2.40. The fourth-order valence-corrected chi connectivity index (χ4v) is 2.74. The Morgan fingerprint density at radius 2 is 2.18 bits per heavy atom. The molecule has 0 amide bonds. The van der Waals surface area contributed by atoms with Crippen molar-refractivity contribution in [1.29, 1.82) is 0 Å². The van der Waals surface area contributed by atoms with Crippen molar-refractivity contribution < 1.29 is 14.6 Å². The molecule has 5 nitrogen and oxygen atoms in total. The van der Waals surface area contributed by atoms with Crippen molar-refractivity contribution in [3.63, 3.8) is 0 Å². The van der Waals surface area contributed by atoms with Gasteiger partial charge in [0.25, 0.3) is 0 Å². The lowest BCUT2D eigenvalue weighted by Gasteiger charge is -2.07. The molecule has 3 rings (SSSR count). The summed E-state index contributed by atoms with van der Waals surface area (Å²) in [5.41, 5.74) is 3.76. The Morgan fingerprint density at radius 3 is 2.86 bits per heavy atom. The first-order chi connectivity index (χ1) is 10.5. The highest BCUT2D eigenvalue weighted by Gasteiger charge is 2.17. The zero-order valence-electron chi connectivity index (χ0n) is 12.8. The maximum Gasteiger partial charge on any atom is 0.357 e. The molecule has 1 unspecified atom stereocenters. The third-order valence-corrected chi connectivity index (χ3v) is 3.86. The van der Waals surface area contributed by atoms with Crippen LogP contribution in [0.5, 0.6) is 0 Å². The first kappa shape index (κ1) is 14.5. The van der Waals surface area contributed by atoms with Crippen molar-refractivity contribution >= 4 is 27.8 Å². The van der Waals surface area contributed by atoms with Gasteiger partial charge in [-0.1, -0.05) is 6.07 Å². The number of carbonyl (C=O) groups is 1. The van der Waals surface area contributed by atoms with E-state index in [-0.39, 0.29) is 0 Å². The molecular formula is C17H18N2O3. The van der Waals surface area contributed by atoms with E-state index >= 15 is 0 Å². The number of aromatic amines is 1. The lowest BCUT2D eigenvalue weighted by molar-refractivity contribution is 0.0519. The van der Waals surface area contributed by atoms with E-state index in [1.807, 2.05) is 25.1 Å². The number of carbonyl (C=O) groups excluding carboxylic acids is 1. The molecule has 0 saturated carbocycles. The van der Waals surface area contributed by atoms with Crippen LogP contribution in [0.25, 0.3) is 21.8 Å².